The van der Waals surface area contributed by atoms with E-state index in [1.165, 1.54) is 23.0 Å². The third-order valence-corrected chi connectivity index (χ3v) is 8.42. The number of aromatic nitrogens is 2. The van der Waals surface area contributed by atoms with Crippen molar-refractivity contribution in [2.75, 3.05) is 25.4 Å². The van der Waals surface area contributed by atoms with Crippen LogP contribution in [-0.4, -0.2) is 97.2 Å². The maximum Gasteiger partial charge on any atom is 0.353 e. The Hall–Kier alpha value is -3.80. The summed E-state index contributed by atoms with van der Waals surface area (Å²) >= 11 is 2.02. The summed E-state index contributed by atoms with van der Waals surface area (Å²) in [6.07, 6.45) is 5.41. The van der Waals surface area contributed by atoms with Gasteiger partial charge in [-0.25, -0.2) is 19.2 Å². The summed E-state index contributed by atoms with van der Waals surface area (Å²) < 4.78 is 16.4. The number of amides is 2. The number of halogens is 1. The van der Waals surface area contributed by atoms with Crippen molar-refractivity contribution >= 4 is 64.1 Å². The minimum absolute atomic E-state index is 0.0391. The zero-order chi connectivity index (χ0) is 29.0. The molecule has 0 bridgehead atoms. The zero-order valence-electron chi connectivity index (χ0n) is 21.7. The number of alkyl halides is 1. The van der Waals surface area contributed by atoms with Crippen LogP contribution in [0.15, 0.2) is 26.5 Å². The molecular weight excluding hydrogens is 567 g/mol. The van der Waals surface area contributed by atoms with Gasteiger partial charge in [-0.3, -0.25) is 14.5 Å². The van der Waals surface area contributed by atoms with Crippen LogP contribution < -0.4 is 16.8 Å². The number of aliphatic imine (C=N–C) groups is 1. The van der Waals surface area contributed by atoms with E-state index in [0.29, 0.717) is 11.5 Å². The molecule has 1 saturated carbocycles. The number of carboxylic acids is 1. The second kappa shape index (κ2) is 12.6. The Morgan fingerprint density at radius 1 is 1.35 bits per heavy atom. The Morgan fingerprint density at radius 2 is 2.08 bits per heavy atom. The quantitative estimate of drug-likeness (QED) is 0.132. The minimum Gasteiger partial charge on any atom is -0.477 e. The van der Waals surface area contributed by atoms with Crippen molar-refractivity contribution in [1.29, 1.82) is 0 Å². The number of guanidine groups is 1. The van der Waals surface area contributed by atoms with Gasteiger partial charge in [0.25, 0.3) is 18.7 Å². The lowest BCUT2D eigenvalue weighted by Gasteiger charge is -2.49. The van der Waals surface area contributed by atoms with Gasteiger partial charge in [0, 0.05) is 29.9 Å². The first-order chi connectivity index (χ1) is 19.1. The van der Waals surface area contributed by atoms with Gasteiger partial charge in [0.1, 0.15) is 17.1 Å². The van der Waals surface area contributed by atoms with Gasteiger partial charge < -0.3 is 26.7 Å². The molecule has 2 aliphatic heterocycles. The number of oxime groups is 1. The number of aliphatic carboxylic acids is 1. The molecule has 40 heavy (non-hydrogen) atoms. The number of nitrogen functional groups attached to an aromatic ring is 1. The fraction of sp³-hybridized carbons (Fsp3) is 0.545. The van der Waals surface area contributed by atoms with Crippen LogP contribution in [0, 0.1) is 5.92 Å². The second-order valence-corrected chi connectivity index (χ2v) is 11.2. The second-order valence-electron chi connectivity index (χ2n) is 9.34. The maximum absolute atomic E-state index is 13.0. The molecule has 2 amide bonds. The molecule has 6 N–H and O–H groups in total. The number of carbonyl (C=O) groups excluding carboxylic acids is 2. The van der Waals surface area contributed by atoms with Crippen LogP contribution in [0.5, 0.6) is 0 Å². The van der Waals surface area contributed by atoms with E-state index in [4.69, 9.17) is 11.5 Å². The Labute approximate surface area is 236 Å². The number of β-lactam (4-membered cyclic amide) rings is 1. The maximum atomic E-state index is 13.0. The average Bonchev–Trinajstić information content (AvgIpc) is 3.36. The summed E-state index contributed by atoms with van der Waals surface area (Å²) in [6.45, 7) is 0.903. The minimum atomic E-state index is -1.33. The van der Waals surface area contributed by atoms with Crippen LogP contribution >= 0.6 is 23.3 Å². The number of carbonyl (C=O) groups is 3. The fourth-order valence-corrected chi connectivity index (χ4v) is 6.15. The lowest BCUT2D eigenvalue weighted by Crippen LogP contribution is -2.71. The van der Waals surface area contributed by atoms with Crippen LogP contribution in [-0.2, 0) is 19.2 Å². The highest BCUT2D eigenvalue weighted by atomic mass is 32.2. The van der Waals surface area contributed by atoms with Crippen molar-refractivity contribution < 1.29 is 28.7 Å². The first-order valence-corrected chi connectivity index (χ1v) is 14.1. The van der Waals surface area contributed by atoms with Gasteiger partial charge in [0.05, 0.1) is 12.3 Å². The van der Waals surface area contributed by atoms with E-state index in [-0.39, 0.29) is 34.4 Å². The van der Waals surface area contributed by atoms with Crippen LogP contribution in [0.25, 0.3) is 0 Å². The predicted molar refractivity (Wildman–Crippen MR) is 147 cm³/mol. The summed E-state index contributed by atoms with van der Waals surface area (Å²) in [5.41, 5.74) is 11.2. The van der Waals surface area contributed by atoms with E-state index in [1.807, 2.05) is 0 Å². The largest absolute Gasteiger partial charge is 0.477 e. The van der Waals surface area contributed by atoms with Crippen LogP contribution in [0.1, 0.15) is 38.4 Å². The number of nitrogens with zero attached hydrogens (tertiary/aromatic N) is 7. The lowest BCUT2D eigenvalue weighted by molar-refractivity contribution is -0.150. The molecule has 4 rings (SSSR count). The molecule has 0 radical (unpaired) electrons. The molecule has 216 valence electrons. The Kier molecular flexibility index (Phi) is 9.18. The summed E-state index contributed by atoms with van der Waals surface area (Å²) in [4.78, 5) is 51.8. The van der Waals surface area contributed by atoms with Gasteiger partial charge in [-0.1, -0.05) is 12.1 Å². The molecule has 3 heterocycles. The van der Waals surface area contributed by atoms with Crippen molar-refractivity contribution in [2.24, 2.45) is 26.9 Å². The highest BCUT2D eigenvalue weighted by Gasteiger charge is 2.54. The van der Waals surface area contributed by atoms with E-state index >= 15 is 0 Å². The predicted octanol–water partition coefficient (Wildman–Crippen LogP) is 0.318. The topological polar surface area (TPSA) is 214 Å². The van der Waals surface area contributed by atoms with Gasteiger partial charge in [-0.05, 0) is 31.6 Å². The van der Waals surface area contributed by atoms with Gasteiger partial charge in [0.15, 0.2) is 5.13 Å². The number of nitrogens with one attached hydrogen (secondary N) is 1. The van der Waals surface area contributed by atoms with Crippen LogP contribution in [0.2, 0.25) is 0 Å². The molecule has 1 unspecified atom stereocenters. The summed E-state index contributed by atoms with van der Waals surface area (Å²) in [7, 11) is 1.61. The molecule has 2 atom stereocenters. The van der Waals surface area contributed by atoms with E-state index in [9.17, 15) is 23.9 Å². The van der Waals surface area contributed by atoms with E-state index in [2.05, 4.69) is 41.7 Å². The van der Waals surface area contributed by atoms with E-state index in [1.54, 1.807) is 7.05 Å². The van der Waals surface area contributed by atoms with Crippen molar-refractivity contribution in [3.63, 3.8) is 0 Å². The molecule has 1 aromatic heterocycles. The van der Waals surface area contributed by atoms with Crippen molar-refractivity contribution in [2.45, 2.75) is 50.1 Å². The first-order valence-electron chi connectivity index (χ1n) is 12.3. The van der Waals surface area contributed by atoms with Gasteiger partial charge >= 0.3 is 5.97 Å². The number of nitrogens with two attached hydrogens (primary N) is 2. The number of hydrogen-bond donors (Lipinski definition) is 4. The third-order valence-electron chi connectivity index (χ3n) is 6.58. The monoisotopic (exact) mass is 596 g/mol. The number of thioether (sulfide) groups is 1. The van der Waals surface area contributed by atoms with E-state index in [0.717, 1.165) is 42.1 Å². The third kappa shape index (κ3) is 6.33. The molecule has 1 aliphatic carbocycles. The fourth-order valence-electron chi connectivity index (χ4n) is 4.41. The zero-order valence-corrected chi connectivity index (χ0v) is 23.3. The number of fused-ring (bicyclic) bond motifs is 1. The SMILES string of the molecule is CC1CCC(N=C(N)N(C)/N=C\C2=C(C(=O)O)N3C(=O)[C@@H](NC(=O)/C(=N/OCF)c4nsc(N)n4)C3SC2)CC1. The summed E-state index contributed by atoms with van der Waals surface area (Å²) in [5, 5.41) is 20.7. The Morgan fingerprint density at radius 3 is 2.70 bits per heavy atom. The Balaban J connectivity index is 1.46. The average molecular weight is 597 g/mol. The molecular formula is C22H29FN10O5S2. The molecule has 1 aromatic rings. The number of carboxylic acid groups (broad SMARTS) is 1. The number of hydrogen-bond acceptors (Lipinski definition) is 12. The lowest BCUT2D eigenvalue weighted by atomic mass is 9.88. The standard InChI is InChI=1S/C22H29FN10O5S2/c1-10-3-5-12(6-4-10)27-21(24)32(2)26-7-11-8-39-19-14(18(35)33(19)15(11)20(36)37)28-17(34)13(30-38-9-23)16-29-22(25)40-31-16/h7,10,12,14,19H,3-6,8-9H2,1-2H3,(H2,24,27)(H,28,34)(H,36,37)(H2,25,29,31)/b26-7-,30-13+/t10?,12?,14-,19?/m1/s1. The molecule has 0 spiro atoms. The van der Waals surface area contributed by atoms with Gasteiger partial charge in [-0.15, -0.1) is 11.8 Å². The highest BCUT2D eigenvalue weighted by molar-refractivity contribution is 8.00. The highest BCUT2D eigenvalue weighted by Crippen LogP contribution is 2.40. The normalized spacial score (nSPS) is 25.5. The molecule has 2 fully saturated rings. The summed E-state index contributed by atoms with van der Waals surface area (Å²) in [5.74, 6) is -2.03. The Bertz CT molecular complexity index is 1280. The molecule has 18 heteroatoms. The van der Waals surface area contributed by atoms with E-state index < -0.39 is 41.8 Å². The number of hydrazone groups is 1. The summed E-state index contributed by atoms with van der Waals surface area (Å²) in [6, 6.07) is -0.960. The van der Waals surface area contributed by atoms with Crippen LogP contribution in [0.4, 0.5) is 9.52 Å². The van der Waals surface area contributed by atoms with Crippen molar-refractivity contribution in [3.05, 3.63) is 17.1 Å². The molecule has 15 nitrogen and oxygen atoms in total. The molecule has 1 saturated heterocycles. The molecule has 3 aliphatic rings. The smallest absolute Gasteiger partial charge is 0.353 e. The van der Waals surface area contributed by atoms with Crippen molar-refractivity contribution in [3.8, 4) is 0 Å². The number of anilines is 1. The van der Waals surface area contributed by atoms with Gasteiger partial charge in [-0.2, -0.15) is 14.5 Å². The first kappa shape index (κ1) is 29.2. The number of rotatable bonds is 9. The van der Waals surface area contributed by atoms with Crippen LogP contribution in [0.3, 0.4) is 0 Å². The van der Waals surface area contributed by atoms with Crippen molar-refractivity contribution in [1.82, 2.24) is 24.6 Å². The van der Waals surface area contributed by atoms with Gasteiger partial charge in [0.2, 0.25) is 17.5 Å². The molecule has 0 aromatic carbocycles.